The zero-order valence-corrected chi connectivity index (χ0v) is 14.2. The average Bonchev–Trinajstić information content (AvgIpc) is 3.09. The molecule has 2 aliphatic rings. The van der Waals surface area contributed by atoms with Crippen LogP contribution >= 0.6 is 11.3 Å². The van der Waals surface area contributed by atoms with Crippen molar-refractivity contribution in [1.82, 2.24) is 9.88 Å². The number of piperidine rings is 1. The largest absolute Gasteiger partial charge is 0.370 e. The zero-order valence-electron chi connectivity index (χ0n) is 13.4. The van der Waals surface area contributed by atoms with E-state index < -0.39 is 0 Å². The highest BCUT2D eigenvalue weighted by Crippen LogP contribution is 2.31. The summed E-state index contributed by atoms with van der Waals surface area (Å²) in [5.41, 5.74) is -0.0364. The van der Waals surface area contributed by atoms with Gasteiger partial charge < -0.3 is 9.64 Å². The highest BCUT2D eigenvalue weighted by atomic mass is 32.1. The number of nitrogens with zero attached hydrogens (tertiary/aromatic N) is 3. The molecule has 2 aromatic heterocycles. The van der Waals surface area contributed by atoms with Crippen LogP contribution in [0.3, 0.4) is 0 Å². The first-order chi connectivity index (χ1) is 11.3. The topological polar surface area (TPSA) is 28.6 Å². The molecular weight excluding hydrogens is 306 g/mol. The molecule has 4 heterocycles. The van der Waals surface area contributed by atoms with Gasteiger partial charge in [0.2, 0.25) is 0 Å². The molecule has 4 nitrogen and oxygen atoms in total. The van der Waals surface area contributed by atoms with E-state index in [1.807, 2.05) is 23.6 Å². The summed E-state index contributed by atoms with van der Waals surface area (Å²) in [7, 11) is 0. The summed E-state index contributed by atoms with van der Waals surface area (Å²) in [5.74, 6) is 1.07. The fraction of sp³-hybridized carbons (Fsp3) is 0.500. The Balaban J connectivity index is 1.46. The minimum absolute atomic E-state index is 0.0364. The zero-order chi connectivity index (χ0) is 15.5. The van der Waals surface area contributed by atoms with Crippen LogP contribution in [0.5, 0.6) is 0 Å². The van der Waals surface area contributed by atoms with Crippen molar-refractivity contribution in [2.45, 2.75) is 25.0 Å². The molecule has 0 N–H and O–H groups in total. The molecule has 2 saturated heterocycles. The van der Waals surface area contributed by atoms with Gasteiger partial charge >= 0.3 is 0 Å². The molecule has 0 saturated carbocycles. The number of ether oxygens (including phenoxy) is 1. The van der Waals surface area contributed by atoms with Gasteiger partial charge in [-0.05, 0) is 36.4 Å². The van der Waals surface area contributed by atoms with Crippen LogP contribution in [0, 0.1) is 0 Å². The minimum atomic E-state index is -0.0364. The number of pyridine rings is 1. The molecule has 0 amide bonds. The second-order valence-electron chi connectivity index (χ2n) is 6.53. The Bertz CT molecular complexity index is 614. The smallest absolute Gasteiger partial charge is 0.128 e. The van der Waals surface area contributed by atoms with Crippen molar-refractivity contribution < 1.29 is 4.74 Å². The summed E-state index contributed by atoms with van der Waals surface area (Å²) in [6.45, 7) is 5.96. The normalized spacial score (nSPS) is 25.8. The van der Waals surface area contributed by atoms with Crippen LogP contribution in [-0.2, 0) is 11.3 Å². The van der Waals surface area contributed by atoms with Gasteiger partial charge in [-0.2, -0.15) is 0 Å². The van der Waals surface area contributed by atoms with E-state index in [0.717, 1.165) is 51.6 Å². The lowest BCUT2D eigenvalue weighted by Crippen LogP contribution is -2.59. The van der Waals surface area contributed by atoms with Crippen LogP contribution in [0.1, 0.15) is 17.7 Å². The van der Waals surface area contributed by atoms with Crippen molar-refractivity contribution >= 4 is 17.2 Å². The van der Waals surface area contributed by atoms with Gasteiger partial charge in [0.05, 0.1) is 12.2 Å². The molecule has 5 heteroatoms. The Morgan fingerprint density at radius 3 is 3.00 bits per heavy atom. The highest BCUT2D eigenvalue weighted by molar-refractivity contribution is 7.09. The first-order valence-electron chi connectivity index (χ1n) is 8.38. The molecule has 1 atom stereocenters. The van der Waals surface area contributed by atoms with Crippen LogP contribution in [0.4, 0.5) is 5.82 Å². The summed E-state index contributed by atoms with van der Waals surface area (Å²) in [6.07, 6.45) is 4.20. The quantitative estimate of drug-likeness (QED) is 0.865. The van der Waals surface area contributed by atoms with Crippen molar-refractivity contribution in [3.05, 3.63) is 46.8 Å². The molecule has 1 unspecified atom stereocenters. The fourth-order valence-corrected chi connectivity index (χ4v) is 4.51. The lowest BCUT2D eigenvalue weighted by Gasteiger charge is -2.48. The number of aromatic nitrogens is 1. The van der Waals surface area contributed by atoms with Crippen LogP contribution in [0.15, 0.2) is 41.9 Å². The fourth-order valence-electron chi connectivity index (χ4n) is 3.76. The van der Waals surface area contributed by atoms with Crippen molar-refractivity contribution in [2.75, 3.05) is 37.7 Å². The second-order valence-corrected chi connectivity index (χ2v) is 7.57. The lowest BCUT2D eigenvalue weighted by molar-refractivity contribution is -0.116. The van der Waals surface area contributed by atoms with Crippen LogP contribution < -0.4 is 4.90 Å². The van der Waals surface area contributed by atoms with Crippen LogP contribution in [0.2, 0.25) is 0 Å². The van der Waals surface area contributed by atoms with Gasteiger partial charge in [0, 0.05) is 43.8 Å². The van der Waals surface area contributed by atoms with Gasteiger partial charge in [0.1, 0.15) is 5.82 Å². The predicted octanol–water partition coefficient (Wildman–Crippen LogP) is 3.01. The Kier molecular flexibility index (Phi) is 4.33. The van der Waals surface area contributed by atoms with Crippen molar-refractivity contribution in [1.29, 1.82) is 0 Å². The standard InChI is InChI=1S/C18H23N3OS/c1-2-8-19-17(6-1)21-9-4-7-18(15-21)14-20(10-11-22-18)13-16-5-3-12-23-16/h1-3,5-6,8,12H,4,7,9-11,13-15H2. The van der Waals surface area contributed by atoms with E-state index in [9.17, 15) is 0 Å². The number of morpholine rings is 1. The van der Waals surface area contributed by atoms with Crippen molar-refractivity contribution in [3.8, 4) is 0 Å². The van der Waals surface area contributed by atoms with Gasteiger partial charge in [0.25, 0.3) is 0 Å². The molecule has 2 aromatic rings. The number of anilines is 1. The number of hydrogen-bond acceptors (Lipinski definition) is 5. The maximum atomic E-state index is 6.30. The molecule has 1 spiro atoms. The predicted molar refractivity (Wildman–Crippen MR) is 94.0 cm³/mol. The van der Waals surface area contributed by atoms with Gasteiger partial charge in [-0.15, -0.1) is 11.3 Å². The molecular formula is C18H23N3OS. The molecule has 23 heavy (non-hydrogen) atoms. The molecule has 0 aromatic carbocycles. The Morgan fingerprint density at radius 1 is 1.17 bits per heavy atom. The van der Waals surface area contributed by atoms with E-state index >= 15 is 0 Å². The summed E-state index contributed by atoms with van der Waals surface area (Å²) in [4.78, 5) is 10.9. The summed E-state index contributed by atoms with van der Waals surface area (Å²) in [5, 5.41) is 2.16. The Morgan fingerprint density at radius 2 is 2.17 bits per heavy atom. The van der Waals surface area contributed by atoms with Gasteiger partial charge in [0.15, 0.2) is 0 Å². The molecule has 2 fully saturated rings. The summed E-state index contributed by atoms with van der Waals surface area (Å²) in [6, 6.07) is 10.5. The van der Waals surface area contributed by atoms with E-state index in [4.69, 9.17) is 4.74 Å². The Labute approximate surface area is 141 Å². The van der Waals surface area contributed by atoms with Crippen LogP contribution in [-0.4, -0.2) is 48.3 Å². The first-order valence-corrected chi connectivity index (χ1v) is 9.26. The number of thiophene rings is 1. The molecule has 0 aliphatic carbocycles. The average molecular weight is 329 g/mol. The third kappa shape index (κ3) is 3.42. The summed E-state index contributed by atoms with van der Waals surface area (Å²) >= 11 is 1.85. The molecule has 4 rings (SSSR count). The third-order valence-corrected chi connectivity index (χ3v) is 5.66. The molecule has 0 bridgehead atoms. The minimum Gasteiger partial charge on any atom is -0.370 e. The monoisotopic (exact) mass is 329 g/mol. The van der Waals surface area contributed by atoms with Gasteiger partial charge in [-0.3, -0.25) is 4.90 Å². The van der Waals surface area contributed by atoms with E-state index in [0.29, 0.717) is 0 Å². The maximum absolute atomic E-state index is 6.30. The lowest BCUT2D eigenvalue weighted by atomic mass is 9.90. The van der Waals surface area contributed by atoms with Crippen molar-refractivity contribution in [3.63, 3.8) is 0 Å². The SMILES string of the molecule is c1ccc(N2CCCC3(CN(Cc4cccs4)CCO3)C2)nc1. The maximum Gasteiger partial charge on any atom is 0.128 e. The molecule has 2 aliphatic heterocycles. The van der Waals surface area contributed by atoms with E-state index in [1.54, 1.807) is 0 Å². The molecule has 0 radical (unpaired) electrons. The number of hydrogen-bond donors (Lipinski definition) is 0. The van der Waals surface area contributed by atoms with E-state index in [1.165, 1.54) is 11.3 Å². The van der Waals surface area contributed by atoms with E-state index in [2.05, 4.69) is 44.4 Å². The first kappa shape index (κ1) is 15.1. The summed E-state index contributed by atoms with van der Waals surface area (Å²) < 4.78 is 6.30. The van der Waals surface area contributed by atoms with Gasteiger partial charge in [-0.25, -0.2) is 4.98 Å². The van der Waals surface area contributed by atoms with Crippen LogP contribution in [0.25, 0.3) is 0 Å². The number of rotatable bonds is 3. The second kappa shape index (κ2) is 6.59. The van der Waals surface area contributed by atoms with Crippen molar-refractivity contribution in [2.24, 2.45) is 0 Å². The van der Waals surface area contributed by atoms with Gasteiger partial charge in [-0.1, -0.05) is 12.1 Å². The highest BCUT2D eigenvalue weighted by Gasteiger charge is 2.40. The van der Waals surface area contributed by atoms with E-state index in [-0.39, 0.29) is 5.60 Å². The third-order valence-electron chi connectivity index (χ3n) is 4.80. The molecule has 122 valence electrons. The Hall–Kier alpha value is -1.43.